The van der Waals surface area contributed by atoms with Gasteiger partial charge in [-0.2, -0.15) is 0 Å². The second-order valence-corrected chi connectivity index (χ2v) is 5.25. The predicted octanol–water partition coefficient (Wildman–Crippen LogP) is 4.30. The quantitative estimate of drug-likeness (QED) is 0.893. The van der Waals surface area contributed by atoms with Gasteiger partial charge in [-0.1, -0.05) is 25.4 Å². The predicted molar refractivity (Wildman–Crippen MR) is 77.7 cm³/mol. The van der Waals surface area contributed by atoms with Crippen LogP contribution in [0.5, 0.6) is 11.6 Å². The van der Waals surface area contributed by atoms with Crippen molar-refractivity contribution in [1.29, 1.82) is 0 Å². The van der Waals surface area contributed by atoms with Crippen LogP contribution in [0, 0.1) is 11.6 Å². The molecule has 0 aliphatic rings. The second kappa shape index (κ2) is 6.83. The number of halogens is 3. The maximum absolute atomic E-state index is 13.1. The third-order valence-corrected chi connectivity index (χ3v) is 2.95. The monoisotopic (exact) mass is 312 g/mol. The van der Waals surface area contributed by atoms with Crippen LogP contribution in [0.1, 0.15) is 19.4 Å². The third kappa shape index (κ3) is 4.37. The van der Waals surface area contributed by atoms with Crippen LogP contribution in [0.25, 0.3) is 0 Å². The molecule has 1 N–H and O–H groups in total. The van der Waals surface area contributed by atoms with E-state index in [1.807, 2.05) is 13.8 Å². The van der Waals surface area contributed by atoms with Crippen molar-refractivity contribution in [3.63, 3.8) is 0 Å². The third-order valence-electron chi connectivity index (χ3n) is 2.68. The van der Waals surface area contributed by atoms with E-state index in [4.69, 9.17) is 16.3 Å². The minimum absolute atomic E-state index is 0.136. The van der Waals surface area contributed by atoms with E-state index < -0.39 is 11.6 Å². The number of hydrogen-bond acceptors (Lipinski definition) is 3. The van der Waals surface area contributed by atoms with Crippen molar-refractivity contribution in [2.75, 3.05) is 0 Å². The zero-order valence-electron chi connectivity index (χ0n) is 11.7. The maximum Gasteiger partial charge on any atom is 0.238 e. The first-order chi connectivity index (χ1) is 9.95. The van der Waals surface area contributed by atoms with Gasteiger partial charge >= 0.3 is 0 Å². The van der Waals surface area contributed by atoms with Gasteiger partial charge in [-0.15, -0.1) is 0 Å². The molecule has 0 fully saturated rings. The molecule has 0 aliphatic carbocycles. The summed E-state index contributed by atoms with van der Waals surface area (Å²) in [6.07, 6.45) is 1.62. The normalized spacial score (nSPS) is 11.0. The van der Waals surface area contributed by atoms with E-state index in [-0.39, 0.29) is 11.6 Å². The lowest BCUT2D eigenvalue weighted by Crippen LogP contribution is -2.21. The van der Waals surface area contributed by atoms with Crippen LogP contribution in [-0.4, -0.2) is 11.0 Å². The van der Waals surface area contributed by atoms with Gasteiger partial charge in [0.25, 0.3) is 0 Å². The smallest absolute Gasteiger partial charge is 0.238 e. The first kappa shape index (κ1) is 15.7. The van der Waals surface area contributed by atoms with Crippen LogP contribution in [0.4, 0.5) is 8.78 Å². The fourth-order valence-electron chi connectivity index (χ4n) is 1.61. The van der Waals surface area contributed by atoms with E-state index in [1.165, 1.54) is 6.07 Å². The molecule has 2 aromatic rings. The molecule has 1 aromatic heterocycles. The highest BCUT2D eigenvalue weighted by atomic mass is 35.5. The van der Waals surface area contributed by atoms with Gasteiger partial charge in [-0.25, -0.2) is 13.8 Å². The number of nitrogens with one attached hydrogen (secondary N) is 1. The van der Waals surface area contributed by atoms with Crippen molar-refractivity contribution in [1.82, 2.24) is 10.3 Å². The molecule has 0 atom stereocenters. The van der Waals surface area contributed by atoms with Gasteiger partial charge in [-0.3, -0.25) is 0 Å². The van der Waals surface area contributed by atoms with Gasteiger partial charge in [0.15, 0.2) is 11.6 Å². The summed E-state index contributed by atoms with van der Waals surface area (Å²) in [5.74, 6) is -1.63. The number of hydrogen-bond donors (Lipinski definition) is 1. The summed E-state index contributed by atoms with van der Waals surface area (Å²) in [4.78, 5) is 4.09. The van der Waals surface area contributed by atoms with Crippen molar-refractivity contribution in [2.45, 2.75) is 26.4 Å². The van der Waals surface area contributed by atoms with Crippen LogP contribution in [-0.2, 0) is 6.54 Å². The average molecular weight is 313 g/mol. The van der Waals surface area contributed by atoms with Crippen molar-refractivity contribution < 1.29 is 13.5 Å². The Morgan fingerprint density at radius 1 is 1.24 bits per heavy atom. The maximum atomic E-state index is 13.1. The topological polar surface area (TPSA) is 34.2 Å². The Balaban J connectivity index is 2.11. The van der Waals surface area contributed by atoms with Gasteiger partial charge in [-0.05, 0) is 23.8 Å². The number of rotatable bonds is 5. The fraction of sp³-hybridized carbons (Fsp3) is 0.267. The first-order valence-corrected chi connectivity index (χ1v) is 6.84. The van der Waals surface area contributed by atoms with E-state index in [0.717, 1.165) is 17.7 Å². The van der Waals surface area contributed by atoms with Crippen LogP contribution < -0.4 is 10.1 Å². The summed E-state index contributed by atoms with van der Waals surface area (Å²) in [6, 6.07) is 5.31. The minimum Gasteiger partial charge on any atom is -0.437 e. The molecule has 0 saturated heterocycles. The van der Waals surface area contributed by atoms with E-state index in [9.17, 15) is 8.78 Å². The van der Waals surface area contributed by atoms with Gasteiger partial charge in [0, 0.05) is 24.8 Å². The summed E-state index contributed by atoms with van der Waals surface area (Å²) < 4.78 is 31.3. The number of pyridine rings is 1. The molecule has 2 rings (SSSR count). The molecule has 1 aromatic carbocycles. The van der Waals surface area contributed by atoms with Gasteiger partial charge in [0.2, 0.25) is 5.88 Å². The van der Waals surface area contributed by atoms with Crippen LogP contribution in [0.3, 0.4) is 0 Å². The summed E-state index contributed by atoms with van der Waals surface area (Å²) in [6.45, 7) is 4.71. The van der Waals surface area contributed by atoms with Crippen molar-refractivity contribution >= 4 is 11.6 Å². The molecular formula is C15H15ClF2N2O. The highest BCUT2D eigenvalue weighted by Gasteiger charge is 2.09. The van der Waals surface area contributed by atoms with E-state index in [0.29, 0.717) is 17.6 Å². The molecule has 112 valence electrons. The van der Waals surface area contributed by atoms with Crippen molar-refractivity contribution in [3.05, 3.63) is 52.7 Å². The first-order valence-electron chi connectivity index (χ1n) is 6.46. The molecular weight excluding hydrogens is 298 g/mol. The molecule has 3 nitrogen and oxygen atoms in total. The number of aromatic nitrogens is 1. The number of nitrogens with zero attached hydrogens (tertiary/aromatic N) is 1. The van der Waals surface area contributed by atoms with Crippen LogP contribution in [0.2, 0.25) is 5.02 Å². The molecule has 6 heteroatoms. The van der Waals surface area contributed by atoms with Crippen molar-refractivity contribution in [2.24, 2.45) is 0 Å². The molecule has 1 heterocycles. The van der Waals surface area contributed by atoms with E-state index >= 15 is 0 Å². The number of benzene rings is 1. The number of ether oxygens (including phenoxy) is 1. The van der Waals surface area contributed by atoms with Crippen molar-refractivity contribution in [3.8, 4) is 11.6 Å². The van der Waals surface area contributed by atoms with Gasteiger partial charge in [0.1, 0.15) is 10.8 Å². The highest BCUT2D eigenvalue weighted by Crippen LogP contribution is 2.28. The molecule has 0 aliphatic heterocycles. The van der Waals surface area contributed by atoms with Gasteiger partial charge in [0.05, 0.1) is 0 Å². The molecule has 0 saturated carbocycles. The molecule has 0 spiro atoms. The van der Waals surface area contributed by atoms with Crippen LogP contribution in [0.15, 0.2) is 30.5 Å². The Morgan fingerprint density at radius 3 is 2.62 bits per heavy atom. The molecule has 21 heavy (non-hydrogen) atoms. The Hall–Kier alpha value is -1.72. The van der Waals surface area contributed by atoms with E-state index in [2.05, 4.69) is 10.3 Å². The Bertz CT molecular complexity index is 635. The molecule has 0 amide bonds. The fourth-order valence-corrected chi connectivity index (χ4v) is 1.84. The van der Waals surface area contributed by atoms with Crippen LogP contribution >= 0.6 is 11.6 Å². The Labute approximate surface area is 126 Å². The summed E-state index contributed by atoms with van der Waals surface area (Å²) in [5.41, 5.74) is 0.909. The standard InChI is InChI=1S/C15H15ClF2N2O/c1-9(2)19-7-10-5-12(16)15(20-8-10)21-11-3-4-13(17)14(18)6-11/h3-6,8-9,19H,7H2,1-2H3. The lowest BCUT2D eigenvalue weighted by molar-refractivity contribution is 0.447. The lowest BCUT2D eigenvalue weighted by Gasteiger charge is -2.10. The highest BCUT2D eigenvalue weighted by molar-refractivity contribution is 6.31. The largest absolute Gasteiger partial charge is 0.437 e. The Morgan fingerprint density at radius 2 is 2.00 bits per heavy atom. The Kier molecular flexibility index (Phi) is 5.09. The molecule has 0 radical (unpaired) electrons. The zero-order chi connectivity index (χ0) is 15.4. The summed E-state index contributed by atoms with van der Waals surface area (Å²) >= 11 is 6.08. The molecule has 0 bridgehead atoms. The zero-order valence-corrected chi connectivity index (χ0v) is 12.4. The minimum atomic E-state index is -0.985. The lowest BCUT2D eigenvalue weighted by atomic mass is 10.2. The summed E-state index contributed by atoms with van der Waals surface area (Å²) in [7, 11) is 0. The summed E-state index contributed by atoms with van der Waals surface area (Å²) in [5, 5.41) is 3.55. The molecule has 0 unspecified atom stereocenters. The second-order valence-electron chi connectivity index (χ2n) is 4.84. The van der Waals surface area contributed by atoms with Gasteiger partial charge < -0.3 is 10.1 Å². The van der Waals surface area contributed by atoms with E-state index in [1.54, 1.807) is 12.3 Å². The SMILES string of the molecule is CC(C)NCc1cnc(Oc2ccc(F)c(F)c2)c(Cl)c1. The average Bonchev–Trinajstić information content (AvgIpc) is 2.43.